The topological polar surface area (TPSA) is 72.2 Å². The van der Waals surface area contributed by atoms with Gasteiger partial charge in [0.05, 0.1) is 6.04 Å². The minimum Gasteiger partial charge on any atom is -0.344 e. The number of nitrogens with one attached hydrogen (secondary N) is 1. The first-order chi connectivity index (χ1) is 11.3. The maximum Gasteiger partial charge on any atom is 0.433 e. The van der Waals surface area contributed by atoms with Gasteiger partial charge in [-0.25, -0.2) is 9.97 Å². The average Bonchev–Trinajstić information content (AvgIpc) is 2.98. The fourth-order valence-electron chi connectivity index (χ4n) is 2.12. The Balaban J connectivity index is 1.74. The third-order valence-corrected chi connectivity index (χ3v) is 3.39. The molecule has 3 heterocycles. The number of alkyl halides is 3. The van der Waals surface area contributed by atoms with E-state index in [9.17, 15) is 18.0 Å². The van der Waals surface area contributed by atoms with E-state index < -0.39 is 23.8 Å². The zero-order valence-electron chi connectivity index (χ0n) is 12.4. The predicted octanol–water partition coefficient (Wildman–Crippen LogP) is 2.63. The number of rotatable bonds is 3. The lowest BCUT2D eigenvalue weighted by Crippen LogP contribution is -2.27. The molecule has 9 heteroatoms. The van der Waals surface area contributed by atoms with Crippen molar-refractivity contribution >= 4 is 11.7 Å². The molecule has 0 aliphatic carbocycles. The largest absolute Gasteiger partial charge is 0.433 e. The molecule has 0 fully saturated rings. The molecule has 0 aliphatic heterocycles. The van der Waals surface area contributed by atoms with Crippen molar-refractivity contribution in [3.05, 3.63) is 59.9 Å². The summed E-state index contributed by atoms with van der Waals surface area (Å²) in [4.78, 5) is 23.7. The first-order valence-corrected chi connectivity index (χ1v) is 6.98. The summed E-state index contributed by atoms with van der Waals surface area (Å²) in [5.41, 5.74) is -0.352. The fourth-order valence-corrected chi connectivity index (χ4v) is 2.12. The molecule has 0 aliphatic rings. The van der Waals surface area contributed by atoms with E-state index in [2.05, 4.69) is 20.3 Å². The Morgan fingerprint density at radius 1 is 1.29 bits per heavy atom. The molecule has 124 valence electrons. The second-order valence-electron chi connectivity index (χ2n) is 5.12. The van der Waals surface area contributed by atoms with Crippen LogP contribution in [0.2, 0.25) is 0 Å². The van der Waals surface area contributed by atoms with Crippen molar-refractivity contribution in [1.29, 1.82) is 0 Å². The number of imidazole rings is 1. The molecule has 3 aromatic heterocycles. The van der Waals surface area contributed by atoms with E-state index in [0.717, 1.165) is 12.3 Å². The normalized spacial score (nSPS) is 13.0. The molecule has 1 N–H and O–H groups in total. The summed E-state index contributed by atoms with van der Waals surface area (Å²) in [6.07, 6.45) is 1.39. The van der Waals surface area contributed by atoms with Crippen molar-refractivity contribution in [1.82, 2.24) is 24.7 Å². The minimum absolute atomic E-state index is 0.167. The summed E-state index contributed by atoms with van der Waals surface area (Å²) in [5, 5.41) is 2.67. The van der Waals surface area contributed by atoms with E-state index >= 15 is 0 Å². The summed E-state index contributed by atoms with van der Waals surface area (Å²) in [7, 11) is 0. The highest BCUT2D eigenvalue weighted by molar-refractivity contribution is 5.92. The second-order valence-corrected chi connectivity index (χ2v) is 5.12. The Morgan fingerprint density at radius 3 is 2.71 bits per heavy atom. The van der Waals surface area contributed by atoms with Crippen LogP contribution in [-0.2, 0) is 6.18 Å². The Morgan fingerprint density at radius 2 is 2.08 bits per heavy atom. The molecule has 0 unspecified atom stereocenters. The van der Waals surface area contributed by atoms with Crippen LogP contribution in [-0.4, -0.2) is 25.3 Å². The molecule has 0 bridgehead atoms. The maximum atomic E-state index is 12.5. The highest BCUT2D eigenvalue weighted by Gasteiger charge is 2.32. The summed E-state index contributed by atoms with van der Waals surface area (Å²) in [5.74, 6) is -0.0700. The van der Waals surface area contributed by atoms with Crippen LogP contribution in [0.1, 0.15) is 34.7 Å². The van der Waals surface area contributed by atoms with Crippen molar-refractivity contribution in [3.63, 3.8) is 0 Å². The SMILES string of the molecule is C[C@H](NC(=O)c1cn2cccnc2n1)c1ccc(C(F)(F)F)nc1. The Labute approximate surface area is 134 Å². The zero-order valence-corrected chi connectivity index (χ0v) is 12.4. The van der Waals surface area contributed by atoms with Gasteiger partial charge < -0.3 is 5.32 Å². The van der Waals surface area contributed by atoms with Crippen molar-refractivity contribution in [2.24, 2.45) is 0 Å². The van der Waals surface area contributed by atoms with Gasteiger partial charge in [0.25, 0.3) is 5.91 Å². The van der Waals surface area contributed by atoms with Crippen molar-refractivity contribution in [3.8, 4) is 0 Å². The van der Waals surface area contributed by atoms with Crippen molar-refractivity contribution in [2.45, 2.75) is 19.1 Å². The third kappa shape index (κ3) is 3.19. The van der Waals surface area contributed by atoms with Crippen LogP contribution in [0.4, 0.5) is 13.2 Å². The van der Waals surface area contributed by atoms with Gasteiger partial charge in [-0.05, 0) is 24.6 Å². The Bertz CT molecular complexity index is 840. The van der Waals surface area contributed by atoms with Gasteiger partial charge in [-0.2, -0.15) is 13.2 Å². The number of amides is 1. The van der Waals surface area contributed by atoms with Gasteiger partial charge >= 0.3 is 6.18 Å². The van der Waals surface area contributed by atoms with Crippen molar-refractivity contribution < 1.29 is 18.0 Å². The minimum atomic E-state index is -4.49. The van der Waals surface area contributed by atoms with Gasteiger partial charge in [0.2, 0.25) is 5.78 Å². The Hall–Kier alpha value is -2.97. The van der Waals surface area contributed by atoms with E-state index in [4.69, 9.17) is 0 Å². The number of carbonyl (C=O) groups is 1. The standard InChI is InChI=1S/C15H12F3N5O/c1-9(10-3-4-12(20-7-10)15(16,17)18)21-13(24)11-8-23-6-2-5-19-14(23)22-11/h2-9H,1H3,(H,21,24)/t9-/m0/s1. The number of hydrogen-bond acceptors (Lipinski definition) is 4. The molecule has 0 saturated heterocycles. The molecule has 0 saturated carbocycles. The van der Waals surface area contributed by atoms with Crippen LogP contribution < -0.4 is 5.32 Å². The van der Waals surface area contributed by atoms with Gasteiger partial charge in [0.1, 0.15) is 11.4 Å². The van der Waals surface area contributed by atoms with Gasteiger partial charge in [-0.15, -0.1) is 0 Å². The number of nitrogens with zero attached hydrogens (tertiary/aromatic N) is 4. The van der Waals surface area contributed by atoms with E-state index in [1.165, 1.54) is 12.3 Å². The maximum absolute atomic E-state index is 12.5. The molecule has 1 amide bonds. The highest BCUT2D eigenvalue weighted by atomic mass is 19.4. The van der Waals surface area contributed by atoms with E-state index in [-0.39, 0.29) is 5.69 Å². The molecule has 0 radical (unpaired) electrons. The lowest BCUT2D eigenvalue weighted by Gasteiger charge is -2.14. The average molecular weight is 335 g/mol. The predicted molar refractivity (Wildman–Crippen MR) is 78.1 cm³/mol. The van der Waals surface area contributed by atoms with Crippen LogP contribution in [0.15, 0.2) is 43.0 Å². The quantitative estimate of drug-likeness (QED) is 0.799. The van der Waals surface area contributed by atoms with Crippen LogP contribution in [0, 0.1) is 0 Å². The monoisotopic (exact) mass is 335 g/mol. The number of halogens is 3. The number of fused-ring (bicyclic) bond motifs is 1. The number of pyridine rings is 1. The molecule has 3 aromatic rings. The zero-order chi connectivity index (χ0) is 17.3. The Kier molecular flexibility index (Phi) is 3.92. The molecule has 0 aromatic carbocycles. The molecule has 24 heavy (non-hydrogen) atoms. The number of hydrogen-bond donors (Lipinski definition) is 1. The smallest absolute Gasteiger partial charge is 0.344 e. The summed E-state index contributed by atoms with van der Waals surface area (Å²) >= 11 is 0. The lowest BCUT2D eigenvalue weighted by atomic mass is 10.1. The number of carbonyl (C=O) groups excluding carboxylic acids is 1. The molecule has 6 nitrogen and oxygen atoms in total. The highest BCUT2D eigenvalue weighted by Crippen LogP contribution is 2.27. The van der Waals surface area contributed by atoms with Crippen LogP contribution in [0.25, 0.3) is 5.78 Å². The van der Waals surface area contributed by atoms with E-state index in [1.54, 1.807) is 29.8 Å². The van der Waals surface area contributed by atoms with E-state index in [0.29, 0.717) is 11.3 Å². The first kappa shape index (κ1) is 15.9. The molecule has 1 atom stereocenters. The van der Waals surface area contributed by atoms with Gasteiger partial charge in [-0.1, -0.05) is 6.07 Å². The van der Waals surface area contributed by atoms with Gasteiger partial charge in [0.15, 0.2) is 0 Å². The van der Waals surface area contributed by atoms with Gasteiger partial charge in [0, 0.05) is 24.8 Å². The molecular weight excluding hydrogens is 323 g/mol. The second kappa shape index (κ2) is 5.91. The first-order valence-electron chi connectivity index (χ1n) is 6.98. The van der Waals surface area contributed by atoms with Crippen LogP contribution >= 0.6 is 0 Å². The number of aromatic nitrogens is 4. The van der Waals surface area contributed by atoms with Crippen molar-refractivity contribution in [2.75, 3.05) is 0 Å². The third-order valence-electron chi connectivity index (χ3n) is 3.39. The fraction of sp³-hybridized carbons (Fsp3) is 0.200. The molecular formula is C15H12F3N5O. The lowest BCUT2D eigenvalue weighted by molar-refractivity contribution is -0.141. The summed E-state index contributed by atoms with van der Waals surface area (Å²) in [6.45, 7) is 1.65. The van der Waals surface area contributed by atoms with Gasteiger partial charge in [-0.3, -0.25) is 14.2 Å². The van der Waals surface area contributed by atoms with Crippen LogP contribution in [0.3, 0.4) is 0 Å². The van der Waals surface area contributed by atoms with E-state index in [1.807, 2.05) is 0 Å². The summed E-state index contributed by atoms with van der Waals surface area (Å²) < 4.78 is 39.1. The van der Waals surface area contributed by atoms with Crippen LogP contribution in [0.5, 0.6) is 0 Å². The molecule has 3 rings (SSSR count). The molecule has 0 spiro atoms. The summed E-state index contributed by atoms with van der Waals surface area (Å²) in [6, 6.07) is 3.34.